The predicted molar refractivity (Wildman–Crippen MR) is 117 cm³/mol. The van der Waals surface area contributed by atoms with E-state index >= 15 is 0 Å². The monoisotopic (exact) mass is 478 g/mol. The number of carbonyl (C=O) groups excluding carboxylic acids is 1. The van der Waals surface area contributed by atoms with Crippen molar-refractivity contribution in [3.8, 4) is 0 Å². The van der Waals surface area contributed by atoms with E-state index < -0.39 is 0 Å². The SMILES string of the molecule is CC(C)CCCC(C)NC(N)=NCC(=O)N1CCc2sccc2C1.I. The van der Waals surface area contributed by atoms with Crippen LogP contribution >= 0.6 is 35.3 Å². The quantitative estimate of drug-likeness (QED) is 0.359. The van der Waals surface area contributed by atoms with Crippen molar-refractivity contribution in [3.05, 3.63) is 21.9 Å². The summed E-state index contributed by atoms with van der Waals surface area (Å²) in [6.45, 7) is 8.18. The number of guanidine groups is 1. The first kappa shape index (κ1) is 22.2. The van der Waals surface area contributed by atoms with Crippen LogP contribution < -0.4 is 11.1 Å². The number of rotatable bonds is 7. The van der Waals surface area contributed by atoms with Crippen LogP contribution in [0.25, 0.3) is 0 Å². The molecule has 0 aromatic carbocycles. The average molecular weight is 478 g/mol. The highest BCUT2D eigenvalue weighted by Gasteiger charge is 2.21. The van der Waals surface area contributed by atoms with Crippen LogP contribution in [0.4, 0.5) is 0 Å². The maximum absolute atomic E-state index is 12.3. The molecule has 0 bridgehead atoms. The molecule has 1 atom stereocenters. The summed E-state index contributed by atoms with van der Waals surface area (Å²) in [5.74, 6) is 1.15. The lowest BCUT2D eigenvalue weighted by Crippen LogP contribution is -2.40. The van der Waals surface area contributed by atoms with Crippen molar-refractivity contribution in [2.75, 3.05) is 13.1 Å². The maximum Gasteiger partial charge on any atom is 0.244 e. The fourth-order valence-electron chi connectivity index (χ4n) is 2.92. The number of thiophene rings is 1. The fourth-order valence-corrected chi connectivity index (χ4v) is 3.81. The molecular weight excluding hydrogens is 447 g/mol. The van der Waals surface area contributed by atoms with Crippen LogP contribution in [0.15, 0.2) is 16.4 Å². The molecule has 1 aliphatic rings. The molecule has 1 amide bonds. The molecule has 3 N–H and O–H groups in total. The lowest BCUT2D eigenvalue weighted by molar-refractivity contribution is -0.130. The Labute approximate surface area is 172 Å². The molecule has 0 saturated carbocycles. The first-order chi connectivity index (χ1) is 11.5. The fraction of sp³-hybridized carbons (Fsp3) is 0.667. The molecule has 25 heavy (non-hydrogen) atoms. The number of halogens is 1. The Morgan fingerprint density at radius 2 is 2.16 bits per heavy atom. The molecular formula is C18H31IN4OS. The van der Waals surface area contributed by atoms with Crippen molar-refractivity contribution in [1.29, 1.82) is 0 Å². The zero-order valence-electron chi connectivity index (χ0n) is 15.5. The average Bonchev–Trinajstić information content (AvgIpc) is 2.99. The van der Waals surface area contributed by atoms with Gasteiger partial charge >= 0.3 is 0 Å². The Morgan fingerprint density at radius 3 is 2.88 bits per heavy atom. The summed E-state index contributed by atoms with van der Waals surface area (Å²) in [5, 5.41) is 5.28. The van der Waals surface area contributed by atoms with Gasteiger partial charge in [0.2, 0.25) is 5.91 Å². The summed E-state index contributed by atoms with van der Waals surface area (Å²) in [6, 6.07) is 2.39. The number of fused-ring (bicyclic) bond motifs is 1. The topological polar surface area (TPSA) is 70.7 Å². The first-order valence-corrected chi connectivity index (χ1v) is 9.73. The molecule has 1 aliphatic heterocycles. The van der Waals surface area contributed by atoms with E-state index in [2.05, 4.69) is 42.5 Å². The summed E-state index contributed by atoms with van der Waals surface area (Å²) in [5.41, 5.74) is 7.19. The zero-order chi connectivity index (χ0) is 17.5. The highest BCUT2D eigenvalue weighted by molar-refractivity contribution is 14.0. The standard InChI is InChI=1S/C18H30N4OS.HI/c1-13(2)5-4-6-14(3)21-18(19)20-11-17(23)22-9-7-16-15(12-22)8-10-24-16;/h8,10,13-14H,4-7,9,11-12H2,1-3H3,(H3,19,20,21);1H. The lowest BCUT2D eigenvalue weighted by atomic mass is 10.0. The van der Waals surface area contributed by atoms with Crippen LogP contribution in [0.2, 0.25) is 0 Å². The summed E-state index contributed by atoms with van der Waals surface area (Å²) >= 11 is 1.78. The molecule has 0 saturated heterocycles. The molecule has 142 valence electrons. The number of hydrogen-bond acceptors (Lipinski definition) is 3. The normalized spacial score (nSPS) is 15.5. The second kappa shape index (κ2) is 11.0. The number of hydrogen-bond donors (Lipinski definition) is 2. The maximum atomic E-state index is 12.3. The largest absolute Gasteiger partial charge is 0.370 e. The molecule has 1 unspecified atom stereocenters. The van der Waals surface area contributed by atoms with Crippen molar-refractivity contribution in [3.63, 3.8) is 0 Å². The number of nitrogens with two attached hydrogens (primary N) is 1. The molecule has 2 heterocycles. The minimum absolute atomic E-state index is 0. The second-order valence-corrected chi connectivity index (χ2v) is 8.01. The minimum Gasteiger partial charge on any atom is -0.370 e. The molecule has 0 aliphatic carbocycles. The van der Waals surface area contributed by atoms with Gasteiger partial charge in [0.05, 0.1) is 0 Å². The Balaban J connectivity index is 0.00000312. The number of nitrogens with zero attached hydrogens (tertiary/aromatic N) is 2. The van der Waals surface area contributed by atoms with Gasteiger partial charge in [-0.3, -0.25) is 4.79 Å². The van der Waals surface area contributed by atoms with Gasteiger partial charge in [0, 0.05) is 24.0 Å². The van der Waals surface area contributed by atoms with Crippen LogP contribution in [0.5, 0.6) is 0 Å². The van der Waals surface area contributed by atoms with Gasteiger partial charge in [-0.1, -0.05) is 26.7 Å². The van der Waals surface area contributed by atoms with Gasteiger partial charge in [0.1, 0.15) is 6.54 Å². The molecule has 1 aromatic heterocycles. The van der Waals surface area contributed by atoms with E-state index in [1.165, 1.54) is 23.3 Å². The third-order valence-electron chi connectivity index (χ3n) is 4.36. The van der Waals surface area contributed by atoms with Gasteiger partial charge in [-0.05, 0) is 42.7 Å². The minimum atomic E-state index is 0. The number of aliphatic imine (C=N–C) groups is 1. The smallest absolute Gasteiger partial charge is 0.244 e. The van der Waals surface area contributed by atoms with E-state index in [9.17, 15) is 4.79 Å². The Bertz CT molecular complexity index is 573. The molecule has 5 nitrogen and oxygen atoms in total. The van der Waals surface area contributed by atoms with Crippen LogP contribution in [-0.4, -0.2) is 35.9 Å². The predicted octanol–water partition coefficient (Wildman–Crippen LogP) is 3.37. The van der Waals surface area contributed by atoms with E-state index in [0.29, 0.717) is 12.5 Å². The summed E-state index contributed by atoms with van der Waals surface area (Å²) in [6.07, 6.45) is 4.41. The third kappa shape index (κ3) is 7.52. The van der Waals surface area contributed by atoms with E-state index in [4.69, 9.17) is 5.73 Å². The van der Waals surface area contributed by atoms with Gasteiger partial charge in [0.15, 0.2) is 5.96 Å². The summed E-state index contributed by atoms with van der Waals surface area (Å²) < 4.78 is 0. The summed E-state index contributed by atoms with van der Waals surface area (Å²) in [7, 11) is 0. The van der Waals surface area contributed by atoms with Crippen molar-refractivity contribution >= 4 is 47.2 Å². The summed E-state index contributed by atoms with van der Waals surface area (Å²) in [4.78, 5) is 19.8. The number of amides is 1. The molecule has 0 radical (unpaired) electrons. The van der Waals surface area contributed by atoms with Crippen LogP contribution in [0.3, 0.4) is 0 Å². The van der Waals surface area contributed by atoms with E-state index in [1.54, 1.807) is 11.3 Å². The Hall–Kier alpha value is -0.830. The van der Waals surface area contributed by atoms with Crippen molar-refractivity contribution < 1.29 is 4.79 Å². The number of carbonyl (C=O) groups is 1. The van der Waals surface area contributed by atoms with Crippen molar-refractivity contribution in [2.45, 2.75) is 59.0 Å². The van der Waals surface area contributed by atoms with E-state index in [1.807, 2.05) is 4.90 Å². The van der Waals surface area contributed by atoms with Gasteiger partial charge < -0.3 is 16.0 Å². The van der Waals surface area contributed by atoms with Gasteiger partial charge in [0.25, 0.3) is 0 Å². The molecule has 7 heteroatoms. The van der Waals surface area contributed by atoms with E-state index in [-0.39, 0.29) is 42.5 Å². The highest BCUT2D eigenvalue weighted by Crippen LogP contribution is 2.23. The van der Waals surface area contributed by atoms with Crippen molar-refractivity contribution in [1.82, 2.24) is 10.2 Å². The molecule has 2 rings (SSSR count). The van der Waals surface area contributed by atoms with Crippen LogP contribution in [-0.2, 0) is 17.8 Å². The van der Waals surface area contributed by atoms with Gasteiger partial charge in [-0.2, -0.15) is 0 Å². The molecule has 1 aromatic rings. The third-order valence-corrected chi connectivity index (χ3v) is 5.38. The molecule has 0 fully saturated rings. The van der Waals surface area contributed by atoms with Gasteiger partial charge in [-0.25, -0.2) is 4.99 Å². The Morgan fingerprint density at radius 1 is 1.40 bits per heavy atom. The second-order valence-electron chi connectivity index (χ2n) is 7.01. The number of nitrogens with one attached hydrogen (secondary N) is 1. The zero-order valence-corrected chi connectivity index (χ0v) is 18.6. The van der Waals surface area contributed by atoms with Crippen LogP contribution in [0, 0.1) is 5.92 Å². The van der Waals surface area contributed by atoms with Crippen LogP contribution in [0.1, 0.15) is 50.5 Å². The Kier molecular flexibility index (Phi) is 9.78. The highest BCUT2D eigenvalue weighted by atomic mass is 127. The first-order valence-electron chi connectivity index (χ1n) is 8.85. The van der Waals surface area contributed by atoms with Crippen molar-refractivity contribution in [2.24, 2.45) is 16.6 Å². The van der Waals surface area contributed by atoms with Gasteiger partial charge in [-0.15, -0.1) is 35.3 Å². The molecule has 0 spiro atoms. The van der Waals surface area contributed by atoms with E-state index in [0.717, 1.165) is 25.3 Å². The lowest BCUT2D eigenvalue weighted by Gasteiger charge is -2.26.